The van der Waals surface area contributed by atoms with Crippen molar-refractivity contribution in [3.05, 3.63) is 53.9 Å². The number of nitrogen functional groups attached to an aromatic ring is 1. The highest BCUT2D eigenvalue weighted by Gasteiger charge is 2.31. The first-order valence-corrected chi connectivity index (χ1v) is 11.5. The number of benzene rings is 1. The van der Waals surface area contributed by atoms with Gasteiger partial charge in [0, 0.05) is 43.5 Å². The number of anilines is 4. The number of fused-ring (bicyclic) bond motifs is 1. The zero-order valence-corrected chi connectivity index (χ0v) is 19.9. The Morgan fingerprint density at radius 1 is 1.17 bits per heavy atom. The summed E-state index contributed by atoms with van der Waals surface area (Å²) in [4.78, 5) is 27.7. The topological polar surface area (TPSA) is 121 Å². The van der Waals surface area contributed by atoms with Crippen molar-refractivity contribution in [2.45, 2.75) is 32.0 Å². The van der Waals surface area contributed by atoms with Crippen LogP contribution < -0.4 is 26.6 Å². The van der Waals surface area contributed by atoms with Gasteiger partial charge in [0.25, 0.3) is 5.91 Å². The van der Waals surface area contributed by atoms with E-state index in [1.165, 1.54) is 18.3 Å². The zero-order chi connectivity index (χ0) is 25.9. The summed E-state index contributed by atoms with van der Waals surface area (Å²) in [6.45, 7) is 3.47. The number of hydrogen-bond donors (Lipinski definition) is 4. The predicted molar refractivity (Wildman–Crippen MR) is 134 cm³/mol. The van der Waals surface area contributed by atoms with Crippen LogP contribution >= 0.6 is 0 Å². The Balaban J connectivity index is 1.73. The number of aromatic nitrogens is 3. The van der Waals surface area contributed by atoms with Gasteiger partial charge in [-0.3, -0.25) is 10.1 Å². The summed E-state index contributed by atoms with van der Waals surface area (Å²) in [6, 6.07) is 4.70. The number of hydrogen-bond acceptors (Lipinski definition) is 8. The molecule has 3 aromatic rings. The van der Waals surface area contributed by atoms with Gasteiger partial charge in [0.15, 0.2) is 0 Å². The standard InChI is InChI=1S/C24H27F3N8O/c1-14(15-9-16(24(25,26)27)11-17(28)10-15)31-22-18-12-20(35-7-3-4-8-35)30-13-19(18)32-23(34-22)33-21(36)5-6-29-2/h5-6,9-14,29H,3-4,7-8,28H2,1-2H3,(H2,31,32,33,34,36). The van der Waals surface area contributed by atoms with Gasteiger partial charge >= 0.3 is 6.18 Å². The maximum absolute atomic E-state index is 13.3. The van der Waals surface area contributed by atoms with E-state index in [1.54, 1.807) is 20.2 Å². The van der Waals surface area contributed by atoms with Crippen molar-refractivity contribution in [1.29, 1.82) is 0 Å². The van der Waals surface area contributed by atoms with E-state index in [0.717, 1.165) is 43.9 Å². The summed E-state index contributed by atoms with van der Waals surface area (Å²) in [6.07, 6.45) is 1.95. The third-order valence-corrected chi connectivity index (χ3v) is 5.79. The van der Waals surface area contributed by atoms with E-state index < -0.39 is 23.7 Å². The summed E-state index contributed by atoms with van der Waals surface area (Å²) >= 11 is 0. The minimum atomic E-state index is -4.53. The second-order valence-corrected chi connectivity index (χ2v) is 8.51. The molecule has 4 rings (SSSR count). The molecule has 0 bridgehead atoms. The fourth-order valence-corrected chi connectivity index (χ4v) is 4.00. The molecule has 5 N–H and O–H groups in total. The molecule has 1 saturated heterocycles. The molecule has 1 amide bonds. The van der Waals surface area contributed by atoms with Crippen LogP contribution in [-0.4, -0.2) is 41.0 Å². The molecule has 0 aliphatic carbocycles. The maximum Gasteiger partial charge on any atom is 0.416 e. The molecule has 0 saturated carbocycles. The van der Waals surface area contributed by atoms with Crippen molar-refractivity contribution in [2.24, 2.45) is 0 Å². The number of carbonyl (C=O) groups is 1. The molecule has 3 heterocycles. The lowest BCUT2D eigenvalue weighted by atomic mass is 10.0. The van der Waals surface area contributed by atoms with Crippen LogP contribution in [0.1, 0.15) is 36.9 Å². The van der Waals surface area contributed by atoms with E-state index in [-0.39, 0.29) is 11.6 Å². The van der Waals surface area contributed by atoms with Crippen molar-refractivity contribution < 1.29 is 18.0 Å². The molecule has 190 valence electrons. The van der Waals surface area contributed by atoms with Crippen LogP contribution in [0.15, 0.2) is 42.7 Å². The smallest absolute Gasteiger partial charge is 0.399 e. The van der Waals surface area contributed by atoms with Crippen LogP contribution in [-0.2, 0) is 11.0 Å². The zero-order valence-electron chi connectivity index (χ0n) is 19.9. The quantitative estimate of drug-likeness (QED) is 0.283. The Morgan fingerprint density at radius 2 is 1.92 bits per heavy atom. The second-order valence-electron chi connectivity index (χ2n) is 8.51. The van der Waals surface area contributed by atoms with Crippen molar-refractivity contribution in [1.82, 2.24) is 20.3 Å². The molecule has 0 spiro atoms. The van der Waals surface area contributed by atoms with Gasteiger partial charge in [-0.05, 0) is 49.6 Å². The third kappa shape index (κ3) is 5.75. The molecular weight excluding hydrogens is 473 g/mol. The number of nitrogens with two attached hydrogens (primary N) is 1. The van der Waals surface area contributed by atoms with Crippen LogP contribution in [0.2, 0.25) is 0 Å². The molecule has 36 heavy (non-hydrogen) atoms. The number of halogens is 3. The average molecular weight is 501 g/mol. The van der Waals surface area contributed by atoms with Crippen LogP contribution in [0.3, 0.4) is 0 Å². The van der Waals surface area contributed by atoms with Crippen molar-refractivity contribution in [2.75, 3.05) is 41.4 Å². The normalized spacial score (nSPS) is 14.9. The van der Waals surface area contributed by atoms with Crippen molar-refractivity contribution in [3.8, 4) is 0 Å². The fraction of sp³-hybridized carbons (Fsp3) is 0.333. The first kappa shape index (κ1) is 25.0. The van der Waals surface area contributed by atoms with Gasteiger partial charge in [-0.25, -0.2) is 9.97 Å². The number of pyridine rings is 1. The highest BCUT2D eigenvalue weighted by atomic mass is 19.4. The summed E-state index contributed by atoms with van der Waals surface area (Å²) in [5.74, 6) is 0.688. The van der Waals surface area contributed by atoms with Gasteiger partial charge in [-0.15, -0.1) is 0 Å². The van der Waals surface area contributed by atoms with E-state index >= 15 is 0 Å². The van der Waals surface area contributed by atoms with Gasteiger partial charge in [-0.1, -0.05) is 0 Å². The average Bonchev–Trinajstić information content (AvgIpc) is 3.36. The number of alkyl halides is 3. The third-order valence-electron chi connectivity index (χ3n) is 5.79. The summed E-state index contributed by atoms with van der Waals surface area (Å²) in [7, 11) is 1.66. The van der Waals surface area contributed by atoms with Crippen molar-refractivity contribution in [3.63, 3.8) is 0 Å². The van der Waals surface area contributed by atoms with E-state index in [2.05, 4.69) is 35.8 Å². The number of nitrogens with zero attached hydrogens (tertiary/aromatic N) is 4. The largest absolute Gasteiger partial charge is 0.416 e. The first-order valence-electron chi connectivity index (χ1n) is 11.5. The number of nitrogens with one attached hydrogen (secondary N) is 3. The van der Waals surface area contributed by atoms with Crippen LogP contribution in [0.4, 0.5) is 36.4 Å². The van der Waals surface area contributed by atoms with Gasteiger partial charge in [0.2, 0.25) is 5.95 Å². The van der Waals surface area contributed by atoms with Crippen LogP contribution in [0, 0.1) is 0 Å². The predicted octanol–water partition coefficient (Wildman–Crippen LogP) is 4.07. The Morgan fingerprint density at radius 3 is 2.61 bits per heavy atom. The Kier molecular flexibility index (Phi) is 7.13. The molecule has 12 heteroatoms. The first-order chi connectivity index (χ1) is 17.1. The van der Waals surface area contributed by atoms with Gasteiger partial charge in [-0.2, -0.15) is 18.2 Å². The Hall–Kier alpha value is -4.09. The SMILES string of the molecule is CNC=CC(=O)Nc1nc(NC(C)c2cc(N)cc(C(F)(F)F)c2)c2cc(N3CCCC3)ncc2n1. The molecule has 1 aromatic carbocycles. The Labute approximate surface area is 206 Å². The van der Waals surface area contributed by atoms with Gasteiger partial charge in [0.05, 0.1) is 23.3 Å². The minimum Gasteiger partial charge on any atom is -0.399 e. The fourth-order valence-electron chi connectivity index (χ4n) is 4.00. The second kappa shape index (κ2) is 10.3. The van der Waals surface area contributed by atoms with E-state index in [4.69, 9.17) is 5.73 Å². The maximum atomic E-state index is 13.3. The van der Waals surface area contributed by atoms with E-state index in [1.807, 2.05) is 6.07 Å². The highest BCUT2D eigenvalue weighted by molar-refractivity contribution is 5.99. The summed E-state index contributed by atoms with van der Waals surface area (Å²) < 4.78 is 40.0. The number of carbonyl (C=O) groups excluding carboxylic acids is 1. The number of rotatable bonds is 7. The lowest BCUT2D eigenvalue weighted by molar-refractivity contribution is -0.137. The molecule has 1 aliphatic rings. The monoisotopic (exact) mass is 500 g/mol. The molecule has 1 unspecified atom stereocenters. The summed E-state index contributed by atoms with van der Waals surface area (Å²) in [5.41, 5.74) is 5.75. The molecule has 1 atom stereocenters. The van der Waals surface area contributed by atoms with Crippen LogP contribution in [0.25, 0.3) is 10.9 Å². The summed E-state index contributed by atoms with van der Waals surface area (Å²) in [5, 5.41) is 9.12. The van der Waals surface area contributed by atoms with E-state index in [0.29, 0.717) is 22.3 Å². The van der Waals surface area contributed by atoms with E-state index in [9.17, 15) is 18.0 Å². The molecular formula is C24H27F3N8O. The number of amides is 1. The van der Waals surface area contributed by atoms with Crippen LogP contribution in [0.5, 0.6) is 0 Å². The Bertz CT molecular complexity index is 1290. The molecule has 0 radical (unpaired) electrons. The molecule has 2 aromatic heterocycles. The molecule has 1 fully saturated rings. The lowest BCUT2D eigenvalue weighted by Gasteiger charge is -2.20. The van der Waals surface area contributed by atoms with Crippen molar-refractivity contribution >= 4 is 40.1 Å². The molecule has 1 aliphatic heterocycles. The highest BCUT2D eigenvalue weighted by Crippen LogP contribution is 2.34. The minimum absolute atomic E-state index is 0.00538. The lowest BCUT2D eigenvalue weighted by Crippen LogP contribution is -2.19. The molecule has 9 nitrogen and oxygen atoms in total. The van der Waals surface area contributed by atoms with Gasteiger partial charge < -0.3 is 21.3 Å². The van der Waals surface area contributed by atoms with Gasteiger partial charge in [0.1, 0.15) is 11.6 Å².